The molecule has 4 aliphatic carbocycles. The maximum absolute atomic E-state index is 13.5. The van der Waals surface area contributed by atoms with Gasteiger partial charge < -0.3 is 19.2 Å². The molecule has 6 fully saturated rings. The minimum atomic E-state index is -0.395. The van der Waals surface area contributed by atoms with Crippen molar-refractivity contribution >= 4 is 5.97 Å². The van der Waals surface area contributed by atoms with Crippen molar-refractivity contribution in [3.63, 3.8) is 0 Å². The zero-order chi connectivity index (χ0) is 27.4. The van der Waals surface area contributed by atoms with Crippen LogP contribution in [-0.2, 0) is 9.53 Å². The first-order valence-corrected chi connectivity index (χ1v) is 17.1. The van der Waals surface area contributed by atoms with E-state index < -0.39 is 6.10 Å². The van der Waals surface area contributed by atoms with Crippen LogP contribution in [-0.4, -0.2) is 72.9 Å². The number of quaternary nitrogens is 1. The van der Waals surface area contributed by atoms with E-state index in [1.165, 1.54) is 83.7 Å². The van der Waals surface area contributed by atoms with E-state index in [-0.39, 0.29) is 23.5 Å². The number of piperidine rings is 2. The molecule has 10 atom stereocenters. The molecule has 2 aliphatic heterocycles. The first-order chi connectivity index (χ1) is 18.7. The molecule has 2 saturated heterocycles. The molecule has 0 radical (unpaired) electrons. The van der Waals surface area contributed by atoms with Crippen molar-refractivity contribution < 1.29 is 19.1 Å². The average molecular weight is 543 g/mol. The summed E-state index contributed by atoms with van der Waals surface area (Å²) in [7, 11) is 2.49. The highest BCUT2D eigenvalue weighted by atomic mass is 16.5. The fraction of sp³-hybridized carbons (Fsp3) is 0.971. The Morgan fingerprint density at radius 3 is 2.38 bits per heavy atom. The molecule has 0 amide bonds. The monoisotopic (exact) mass is 542 g/mol. The molecule has 0 bridgehead atoms. The van der Waals surface area contributed by atoms with Crippen LogP contribution >= 0.6 is 0 Å². The summed E-state index contributed by atoms with van der Waals surface area (Å²) in [6, 6.07) is 0.694. The van der Waals surface area contributed by atoms with Crippen LogP contribution in [0.25, 0.3) is 0 Å². The summed E-state index contributed by atoms with van der Waals surface area (Å²) >= 11 is 0. The maximum Gasteiger partial charge on any atom is 0.306 e. The molecule has 0 aromatic rings. The van der Waals surface area contributed by atoms with Gasteiger partial charge in [0.15, 0.2) is 6.10 Å². The van der Waals surface area contributed by atoms with Crippen molar-refractivity contribution in [2.75, 3.05) is 33.2 Å². The number of rotatable bonds is 5. The van der Waals surface area contributed by atoms with Gasteiger partial charge in [-0.2, -0.15) is 0 Å². The summed E-state index contributed by atoms with van der Waals surface area (Å²) in [5, 5.41) is 13.5. The largest absolute Gasteiger partial charge is 0.851 e. The van der Waals surface area contributed by atoms with Gasteiger partial charge in [0, 0.05) is 18.3 Å². The van der Waals surface area contributed by atoms with Gasteiger partial charge in [-0.05, 0) is 119 Å². The van der Waals surface area contributed by atoms with Gasteiger partial charge >= 0.3 is 5.97 Å². The minimum absolute atomic E-state index is 0.0360. The SMILES string of the molecule is CCCC(=O)O[C@H]1C([N+]2(C)CCCCC2)CC2C3CC[C@H]4C[C@H]([O-])C(N5CCCCC5)C[C@]4(C)C3CC[C@@]21C. The van der Waals surface area contributed by atoms with E-state index in [0.29, 0.717) is 29.7 Å². The quantitative estimate of drug-likeness (QED) is 0.338. The van der Waals surface area contributed by atoms with Crippen LogP contribution in [0.2, 0.25) is 0 Å². The molecule has 6 rings (SSSR count). The molecule has 0 aromatic heterocycles. The predicted octanol–water partition coefficient (Wildman–Crippen LogP) is 5.54. The fourth-order valence-corrected chi connectivity index (χ4v) is 11.6. The van der Waals surface area contributed by atoms with E-state index in [4.69, 9.17) is 4.74 Å². The van der Waals surface area contributed by atoms with E-state index in [9.17, 15) is 9.90 Å². The standard InChI is InChI=1S/C34H58N2O3/c1-5-12-31(38)39-32-29(36(4)19-10-7-11-20-36)22-27-25-14-13-24-21-30(37)28(35-17-8-6-9-18-35)23-34(24,3)26(25)15-16-33(27,32)2/h24-30,32H,5-23H2,1-4H3/t24-,25?,26?,27?,28?,29?,30-,32-,33-,34-/m0/s1. The Labute approximate surface area is 239 Å². The number of likely N-dealkylation sites (tertiary alicyclic amines) is 2. The molecule has 222 valence electrons. The van der Waals surface area contributed by atoms with Gasteiger partial charge in [0.1, 0.15) is 6.04 Å². The van der Waals surface area contributed by atoms with Crippen LogP contribution < -0.4 is 5.11 Å². The van der Waals surface area contributed by atoms with Crippen molar-refractivity contribution in [3.05, 3.63) is 0 Å². The van der Waals surface area contributed by atoms with Crippen molar-refractivity contribution in [2.24, 2.45) is 34.5 Å². The number of nitrogens with zero attached hydrogens (tertiary/aromatic N) is 2. The second kappa shape index (κ2) is 10.9. The summed E-state index contributed by atoms with van der Waals surface area (Å²) in [5.41, 5.74) is 0.391. The predicted molar refractivity (Wildman–Crippen MR) is 154 cm³/mol. The molecule has 5 unspecified atom stereocenters. The van der Waals surface area contributed by atoms with Crippen molar-refractivity contribution in [3.8, 4) is 0 Å². The summed E-state index contributed by atoms with van der Waals surface area (Å²) in [5.74, 6) is 2.74. The molecule has 39 heavy (non-hydrogen) atoms. The Morgan fingerprint density at radius 2 is 1.67 bits per heavy atom. The Balaban J connectivity index is 1.28. The number of esters is 1. The van der Waals surface area contributed by atoms with E-state index in [2.05, 4.69) is 32.7 Å². The summed E-state index contributed by atoms with van der Waals surface area (Å²) < 4.78 is 7.69. The number of carbonyl (C=O) groups is 1. The highest BCUT2D eigenvalue weighted by Crippen LogP contribution is 2.67. The lowest BCUT2D eigenvalue weighted by Crippen LogP contribution is -2.63. The highest BCUT2D eigenvalue weighted by molar-refractivity contribution is 5.69. The van der Waals surface area contributed by atoms with E-state index >= 15 is 0 Å². The van der Waals surface area contributed by atoms with Crippen LogP contribution in [0.5, 0.6) is 0 Å². The second-order valence-electron chi connectivity index (χ2n) is 15.8. The fourth-order valence-electron chi connectivity index (χ4n) is 11.6. The third-order valence-electron chi connectivity index (χ3n) is 13.8. The number of fused-ring (bicyclic) bond motifs is 5. The third-order valence-corrected chi connectivity index (χ3v) is 13.8. The zero-order valence-corrected chi connectivity index (χ0v) is 25.7. The first kappa shape index (κ1) is 28.5. The Kier molecular flexibility index (Phi) is 7.94. The van der Waals surface area contributed by atoms with Crippen LogP contribution in [0.4, 0.5) is 0 Å². The number of hydrogen-bond donors (Lipinski definition) is 0. The maximum atomic E-state index is 13.5. The van der Waals surface area contributed by atoms with E-state index in [1.807, 2.05) is 0 Å². The van der Waals surface area contributed by atoms with Crippen LogP contribution in [0.1, 0.15) is 117 Å². The number of hydrogen-bond acceptors (Lipinski definition) is 4. The molecule has 6 aliphatic rings. The molecule has 5 nitrogen and oxygen atoms in total. The van der Waals surface area contributed by atoms with Crippen molar-refractivity contribution in [2.45, 2.75) is 141 Å². The normalized spacial score (nSPS) is 48.0. The Morgan fingerprint density at radius 1 is 0.949 bits per heavy atom. The Hall–Kier alpha value is -0.650. The molecule has 0 spiro atoms. The van der Waals surface area contributed by atoms with Gasteiger partial charge in [0.05, 0.1) is 20.1 Å². The van der Waals surface area contributed by atoms with Crippen LogP contribution in [0, 0.1) is 34.5 Å². The van der Waals surface area contributed by atoms with Gasteiger partial charge in [0.2, 0.25) is 0 Å². The van der Waals surface area contributed by atoms with Gasteiger partial charge in [-0.3, -0.25) is 4.79 Å². The molecule has 5 heteroatoms. The summed E-state index contributed by atoms with van der Waals surface area (Å²) in [6.45, 7) is 12.0. The van der Waals surface area contributed by atoms with Crippen molar-refractivity contribution in [1.82, 2.24) is 4.90 Å². The lowest BCUT2D eigenvalue weighted by molar-refractivity contribution is -0.940. The number of ether oxygens (including phenoxy) is 1. The van der Waals surface area contributed by atoms with Gasteiger partial charge in [0.25, 0.3) is 0 Å². The topological polar surface area (TPSA) is 52.6 Å². The van der Waals surface area contributed by atoms with Gasteiger partial charge in [-0.25, -0.2) is 0 Å². The lowest BCUT2D eigenvalue weighted by atomic mass is 9.44. The lowest BCUT2D eigenvalue weighted by Gasteiger charge is -2.64. The Bertz CT molecular complexity index is 882. The van der Waals surface area contributed by atoms with E-state index in [1.54, 1.807) is 0 Å². The third kappa shape index (κ3) is 4.83. The van der Waals surface area contributed by atoms with Gasteiger partial charge in [-0.1, -0.05) is 33.6 Å². The first-order valence-electron chi connectivity index (χ1n) is 17.1. The minimum Gasteiger partial charge on any atom is -0.851 e. The average Bonchev–Trinajstić information content (AvgIpc) is 3.22. The second-order valence-corrected chi connectivity index (χ2v) is 15.8. The number of likely N-dealkylation sites (N-methyl/N-ethyl adjacent to an activating group) is 1. The molecule has 0 N–H and O–H groups in total. The molecule has 0 aromatic carbocycles. The summed E-state index contributed by atoms with van der Waals surface area (Å²) in [6.07, 6.45) is 17.2. The molecule has 2 heterocycles. The summed E-state index contributed by atoms with van der Waals surface area (Å²) in [4.78, 5) is 15.6. The molecular weight excluding hydrogens is 484 g/mol. The molecule has 4 saturated carbocycles. The van der Waals surface area contributed by atoms with E-state index in [0.717, 1.165) is 48.7 Å². The van der Waals surface area contributed by atoms with Crippen molar-refractivity contribution in [1.29, 1.82) is 0 Å². The van der Waals surface area contributed by atoms with Gasteiger partial charge in [-0.15, -0.1) is 6.10 Å². The zero-order valence-electron chi connectivity index (χ0n) is 25.7. The number of carbonyl (C=O) groups excluding carboxylic acids is 1. The van der Waals surface area contributed by atoms with Crippen LogP contribution in [0.15, 0.2) is 0 Å². The highest BCUT2D eigenvalue weighted by Gasteiger charge is 2.67. The molecular formula is C34H58N2O3. The smallest absolute Gasteiger partial charge is 0.306 e. The van der Waals surface area contributed by atoms with Crippen LogP contribution in [0.3, 0.4) is 0 Å².